The lowest BCUT2D eigenvalue weighted by Gasteiger charge is -2.00. The molecule has 0 aliphatic heterocycles. The lowest BCUT2D eigenvalue weighted by Crippen LogP contribution is -1.92. The lowest BCUT2D eigenvalue weighted by atomic mass is 10.1. The molecule has 0 aliphatic carbocycles. The van der Waals surface area contributed by atoms with E-state index in [0.29, 0.717) is 12.1 Å². The average molecular weight is 284 g/mol. The molecule has 0 aliphatic rings. The van der Waals surface area contributed by atoms with Crippen LogP contribution in [-0.2, 0) is 6.42 Å². The van der Waals surface area contributed by atoms with Crippen LogP contribution in [0.4, 0.5) is 5.69 Å². The van der Waals surface area contributed by atoms with Gasteiger partial charge >= 0.3 is 0 Å². The summed E-state index contributed by atoms with van der Waals surface area (Å²) in [6.45, 7) is 0.608. The second kappa shape index (κ2) is 7.19. The Kier molecular flexibility index (Phi) is 5.04. The Morgan fingerprint density at radius 2 is 1.95 bits per heavy atom. The number of aliphatic imine (C=N–C) groups is 1. The van der Waals surface area contributed by atoms with E-state index in [1.165, 1.54) is 30.0 Å². The van der Waals surface area contributed by atoms with Crippen molar-refractivity contribution in [1.82, 2.24) is 0 Å². The molecule has 2 aromatic carbocycles. The number of non-ortho nitro benzene ring substituents is 1. The summed E-state index contributed by atoms with van der Waals surface area (Å²) < 4.78 is 0. The highest BCUT2D eigenvalue weighted by molar-refractivity contribution is 5.84. The molecule has 5 heteroatoms. The largest absolute Gasteiger partial charge is 0.507 e. The Bertz CT molecular complexity index is 639. The summed E-state index contributed by atoms with van der Waals surface area (Å²) in [5.74, 6) is -0.00703. The van der Waals surface area contributed by atoms with E-state index in [-0.39, 0.29) is 11.4 Å². The number of hydrogen-bond acceptors (Lipinski definition) is 4. The smallest absolute Gasteiger partial charge is 0.270 e. The maximum atomic E-state index is 10.7. The van der Waals surface area contributed by atoms with E-state index in [9.17, 15) is 15.2 Å². The summed E-state index contributed by atoms with van der Waals surface area (Å²) in [4.78, 5) is 14.4. The van der Waals surface area contributed by atoms with Crippen molar-refractivity contribution in [1.29, 1.82) is 0 Å². The zero-order chi connectivity index (χ0) is 15.1. The summed E-state index contributed by atoms with van der Waals surface area (Å²) in [6.07, 6.45) is 3.29. The molecule has 0 amide bonds. The van der Waals surface area contributed by atoms with Gasteiger partial charge in [0.25, 0.3) is 5.69 Å². The first-order valence-corrected chi connectivity index (χ1v) is 6.68. The third-order valence-electron chi connectivity index (χ3n) is 3.05. The first kappa shape index (κ1) is 14.7. The summed E-state index contributed by atoms with van der Waals surface area (Å²) in [5.41, 5.74) is 1.56. The van der Waals surface area contributed by atoms with Gasteiger partial charge in [0.15, 0.2) is 0 Å². The number of phenolic OH excluding ortho intramolecular Hbond substituents is 1. The average Bonchev–Trinajstić information content (AvgIpc) is 2.49. The molecular formula is C16H16N2O3. The number of nitro groups is 1. The molecule has 0 aromatic heterocycles. The lowest BCUT2D eigenvalue weighted by molar-refractivity contribution is -0.384. The Balaban J connectivity index is 1.89. The van der Waals surface area contributed by atoms with E-state index < -0.39 is 4.92 Å². The molecule has 2 rings (SSSR count). The number of rotatable bonds is 6. The number of phenols is 1. The molecule has 0 fully saturated rings. The van der Waals surface area contributed by atoms with Crippen LogP contribution in [-0.4, -0.2) is 22.8 Å². The van der Waals surface area contributed by atoms with Crippen LogP contribution in [0.2, 0.25) is 0 Å². The summed E-state index contributed by atoms with van der Waals surface area (Å²) in [5, 5.41) is 20.3. The minimum Gasteiger partial charge on any atom is -0.507 e. The van der Waals surface area contributed by atoms with Gasteiger partial charge in [-0.2, -0.15) is 0 Å². The molecule has 0 spiro atoms. The van der Waals surface area contributed by atoms with Gasteiger partial charge in [-0.3, -0.25) is 15.1 Å². The molecule has 0 atom stereocenters. The maximum Gasteiger partial charge on any atom is 0.270 e. The Hall–Kier alpha value is -2.69. The van der Waals surface area contributed by atoms with Crippen molar-refractivity contribution in [3.63, 3.8) is 0 Å². The second-order valence-corrected chi connectivity index (χ2v) is 4.62. The number of nitrogens with zero attached hydrogens (tertiary/aromatic N) is 2. The number of hydrogen-bond donors (Lipinski definition) is 1. The molecule has 0 bridgehead atoms. The highest BCUT2D eigenvalue weighted by atomic mass is 16.6. The fourth-order valence-electron chi connectivity index (χ4n) is 1.94. The molecule has 0 radical (unpaired) electrons. The summed E-state index contributed by atoms with van der Waals surface area (Å²) in [6, 6.07) is 14.0. The van der Waals surface area contributed by atoms with Crippen LogP contribution in [0.25, 0.3) is 0 Å². The first-order valence-electron chi connectivity index (χ1n) is 6.68. The van der Waals surface area contributed by atoms with E-state index in [2.05, 4.69) is 17.1 Å². The minimum absolute atomic E-state index is 0.00703. The van der Waals surface area contributed by atoms with Crippen molar-refractivity contribution in [2.45, 2.75) is 12.8 Å². The molecular weight excluding hydrogens is 268 g/mol. The van der Waals surface area contributed by atoms with Gasteiger partial charge in [-0.1, -0.05) is 30.3 Å². The highest BCUT2D eigenvalue weighted by Gasteiger charge is 2.08. The number of aromatic hydroxyl groups is 1. The number of nitro benzene ring substituents is 1. The quantitative estimate of drug-likeness (QED) is 0.382. The minimum atomic E-state index is -0.494. The van der Waals surface area contributed by atoms with Gasteiger partial charge in [0, 0.05) is 30.5 Å². The molecule has 5 nitrogen and oxygen atoms in total. The van der Waals surface area contributed by atoms with E-state index >= 15 is 0 Å². The van der Waals surface area contributed by atoms with Gasteiger partial charge in [-0.15, -0.1) is 0 Å². The van der Waals surface area contributed by atoms with E-state index in [0.717, 1.165) is 12.8 Å². The zero-order valence-electron chi connectivity index (χ0n) is 11.5. The normalized spacial score (nSPS) is 10.9. The fourth-order valence-corrected chi connectivity index (χ4v) is 1.94. The van der Waals surface area contributed by atoms with Crippen LogP contribution in [0.15, 0.2) is 53.5 Å². The predicted octanol–water partition coefficient (Wildman–Crippen LogP) is 3.35. The van der Waals surface area contributed by atoms with Crippen molar-refractivity contribution >= 4 is 11.9 Å². The topological polar surface area (TPSA) is 75.7 Å². The number of aryl methyl sites for hydroxylation is 1. The monoisotopic (exact) mass is 284 g/mol. The van der Waals surface area contributed by atoms with Gasteiger partial charge < -0.3 is 5.11 Å². The maximum absolute atomic E-state index is 10.7. The first-order chi connectivity index (χ1) is 10.2. The van der Waals surface area contributed by atoms with Crippen molar-refractivity contribution < 1.29 is 10.0 Å². The van der Waals surface area contributed by atoms with Crippen LogP contribution in [0.5, 0.6) is 5.75 Å². The molecule has 0 saturated carbocycles. The van der Waals surface area contributed by atoms with Crippen molar-refractivity contribution in [2.24, 2.45) is 4.99 Å². The van der Waals surface area contributed by atoms with Gasteiger partial charge in [-0.05, 0) is 24.5 Å². The van der Waals surface area contributed by atoms with Crippen LogP contribution in [0.3, 0.4) is 0 Å². The van der Waals surface area contributed by atoms with Crippen LogP contribution in [0.1, 0.15) is 17.5 Å². The standard InChI is InChI=1S/C16H16N2O3/c19-16-9-8-15(18(20)21)11-14(16)12-17-10-4-7-13-5-2-1-3-6-13/h1-3,5-6,8-9,11-12,19H,4,7,10H2. The summed E-state index contributed by atoms with van der Waals surface area (Å²) in [7, 11) is 0. The molecule has 1 N–H and O–H groups in total. The third-order valence-corrected chi connectivity index (χ3v) is 3.05. The Morgan fingerprint density at radius 3 is 2.67 bits per heavy atom. The predicted molar refractivity (Wildman–Crippen MR) is 82.0 cm³/mol. The van der Waals surface area contributed by atoms with Crippen LogP contribution < -0.4 is 0 Å². The van der Waals surface area contributed by atoms with E-state index in [4.69, 9.17) is 0 Å². The molecule has 0 saturated heterocycles. The third kappa shape index (κ3) is 4.42. The second-order valence-electron chi connectivity index (χ2n) is 4.62. The summed E-state index contributed by atoms with van der Waals surface area (Å²) >= 11 is 0. The van der Waals surface area contributed by atoms with Gasteiger partial charge in [0.05, 0.1) is 4.92 Å². The molecule has 0 unspecified atom stereocenters. The van der Waals surface area contributed by atoms with E-state index in [1.807, 2.05) is 18.2 Å². The molecule has 108 valence electrons. The van der Waals surface area contributed by atoms with Crippen molar-refractivity contribution in [2.75, 3.05) is 6.54 Å². The van der Waals surface area contributed by atoms with Crippen molar-refractivity contribution in [3.8, 4) is 5.75 Å². The van der Waals surface area contributed by atoms with Gasteiger partial charge in [-0.25, -0.2) is 0 Å². The fraction of sp³-hybridized carbons (Fsp3) is 0.188. The zero-order valence-corrected chi connectivity index (χ0v) is 11.5. The van der Waals surface area contributed by atoms with Crippen LogP contribution >= 0.6 is 0 Å². The number of benzene rings is 2. The molecule has 2 aromatic rings. The Morgan fingerprint density at radius 1 is 1.19 bits per heavy atom. The highest BCUT2D eigenvalue weighted by Crippen LogP contribution is 2.21. The van der Waals surface area contributed by atoms with Crippen molar-refractivity contribution in [3.05, 3.63) is 69.8 Å². The van der Waals surface area contributed by atoms with Gasteiger partial charge in [0.1, 0.15) is 5.75 Å². The SMILES string of the molecule is O=[N+]([O-])c1ccc(O)c(C=NCCCc2ccccc2)c1. The van der Waals surface area contributed by atoms with E-state index in [1.54, 1.807) is 0 Å². The molecule has 21 heavy (non-hydrogen) atoms. The van der Waals surface area contributed by atoms with Gasteiger partial charge in [0.2, 0.25) is 0 Å². The Labute approximate surface area is 122 Å². The molecule has 0 heterocycles. The van der Waals surface area contributed by atoms with Crippen LogP contribution in [0, 0.1) is 10.1 Å².